The molecule has 0 aromatic rings. The largest absolute Gasteiger partial charge is 0.0530 e. The number of hydrogen-bond donors (Lipinski definition) is 0. The molecule has 4 unspecified atom stereocenters. The first-order chi connectivity index (χ1) is 8.43. The Bertz CT molecular complexity index is 208. The molecular formula is C17H30. The van der Waals surface area contributed by atoms with E-state index in [1.807, 2.05) is 0 Å². The lowest BCUT2D eigenvalue weighted by atomic mass is 9.66. The molecule has 4 atom stereocenters. The molecule has 0 heterocycles. The second-order valence-corrected chi connectivity index (χ2v) is 7.12. The molecule has 4 fully saturated rings. The molecule has 0 aromatic carbocycles. The predicted octanol–water partition coefficient (Wildman–Crippen LogP) is 5.56. The minimum absolute atomic E-state index is 1.17. The van der Waals surface area contributed by atoms with Crippen molar-refractivity contribution in [1.82, 2.24) is 0 Å². The third-order valence-electron chi connectivity index (χ3n) is 6.19. The molecule has 4 aliphatic rings. The molecule has 0 saturated heterocycles. The molecule has 0 spiro atoms. The van der Waals surface area contributed by atoms with Crippen LogP contribution in [0.15, 0.2) is 0 Å². The Labute approximate surface area is 108 Å². The topological polar surface area (TPSA) is 0 Å². The quantitative estimate of drug-likeness (QED) is 0.514. The monoisotopic (exact) mass is 234 g/mol. The van der Waals surface area contributed by atoms with Gasteiger partial charge in [0.1, 0.15) is 0 Å². The van der Waals surface area contributed by atoms with E-state index < -0.39 is 0 Å². The van der Waals surface area contributed by atoms with E-state index in [1.165, 1.54) is 55.8 Å². The van der Waals surface area contributed by atoms with Gasteiger partial charge in [-0.05, 0) is 36.5 Å². The predicted molar refractivity (Wildman–Crippen MR) is 74.0 cm³/mol. The summed E-state index contributed by atoms with van der Waals surface area (Å²) >= 11 is 0. The highest BCUT2D eigenvalue weighted by atomic mass is 14.4. The van der Waals surface area contributed by atoms with Crippen molar-refractivity contribution in [3.05, 3.63) is 0 Å². The normalized spacial score (nSPS) is 43.8. The van der Waals surface area contributed by atoms with Gasteiger partial charge in [0.05, 0.1) is 0 Å². The van der Waals surface area contributed by atoms with Crippen LogP contribution >= 0.6 is 0 Å². The molecule has 0 N–H and O–H groups in total. The molecule has 4 aliphatic carbocycles. The standard InChI is InChI=1S/C9H16.C8H14/c1-2-5-9-7-3-6-8(9)4-1;1-2-4-8-6-5-7(8)3-1/h8-9H,1-7H2;7-8H,1-6H2. The van der Waals surface area contributed by atoms with Gasteiger partial charge in [0, 0.05) is 0 Å². The van der Waals surface area contributed by atoms with Gasteiger partial charge in [-0.15, -0.1) is 0 Å². The van der Waals surface area contributed by atoms with E-state index in [0.717, 1.165) is 0 Å². The summed E-state index contributed by atoms with van der Waals surface area (Å²) < 4.78 is 0. The maximum atomic E-state index is 1.56. The van der Waals surface area contributed by atoms with Gasteiger partial charge in [0.15, 0.2) is 0 Å². The fourth-order valence-electron chi connectivity index (χ4n) is 4.90. The van der Waals surface area contributed by atoms with Crippen LogP contribution in [0.25, 0.3) is 0 Å². The summed E-state index contributed by atoms with van der Waals surface area (Å²) in [5.74, 6) is 4.70. The molecule has 0 nitrogen and oxygen atoms in total. The van der Waals surface area contributed by atoms with Crippen LogP contribution in [-0.4, -0.2) is 0 Å². The van der Waals surface area contributed by atoms with Crippen molar-refractivity contribution in [2.75, 3.05) is 0 Å². The summed E-state index contributed by atoms with van der Waals surface area (Å²) in [5.41, 5.74) is 0. The fraction of sp³-hybridized carbons (Fsp3) is 1.00. The highest BCUT2D eigenvalue weighted by molar-refractivity contribution is 4.83. The number of hydrogen-bond acceptors (Lipinski definition) is 0. The van der Waals surface area contributed by atoms with Crippen molar-refractivity contribution >= 4 is 0 Å². The van der Waals surface area contributed by atoms with Crippen LogP contribution in [0.3, 0.4) is 0 Å². The maximum absolute atomic E-state index is 1.56. The van der Waals surface area contributed by atoms with E-state index in [9.17, 15) is 0 Å². The Morgan fingerprint density at radius 3 is 0.882 bits per heavy atom. The number of fused-ring (bicyclic) bond motifs is 2. The molecule has 0 aliphatic heterocycles. The summed E-state index contributed by atoms with van der Waals surface area (Å²) in [6.07, 6.45) is 20.1. The summed E-state index contributed by atoms with van der Waals surface area (Å²) in [6.45, 7) is 0. The van der Waals surface area contributed by atoms with Crippen LogP contribution in [0.1, 0.15) is 83.5 Å². The van der Waals surface area contributed by atoms with Crippen LogP contribution in [-0.2, 0) is 0 Å². The summed E-state index contributed by atoms with van der Waals surface area (Å²) in [5, 5.41) is 0. The minimum Gasteiger partial charge on any atom is -0.0530 e. The summed E-state index contributed by atoms with van der Waals surface area (Å²) in [6, 6.07) is 0. The van der Waals surface area contributed by atoms with Crippen molar-refractivity contribution in [3.8, 4) is 0 Å². The first kappa shape index (κ1) is 12.1. The van der Waals surface area contributed by atoms with Gasteiger partial charge < -0.3 is 0 Å². The lowest BCUT2D eigenvalue weighted by molar-refractivity contribution is 0.115. The lowest BCUT2D eigenvalue weighted by Crippen LogP contribution is -2.28. The molecule has 4 saturated carbocycles. The summed E-state index contributed by atoms with van der Waals surface area (Å²) in [4.78, 5) is 0. The first-order valence-electron chi connectivity index (χ1n) is 8.43. The molecule has 0 heteroatoms. The van der Waals surface area contributed by atoms with Crippen LogP contribution in [0.5, 0.6) is 0 Å². The fourth-order valence-corrected chi connectivity index (χ4v) is 4.90. The van der Waals surface area contributed by atoms with E-state index >= 15 is 0 Å². The van der Waals surface area contributed by atoms with Crippen LogP contribution < -0.4 is 0 Å². The second-order valence-electron chi connectivity index (χ2n) is 7.12. The van der Waals surface area contributed by atoms with E-state index in [-0.39, 0.29) is 0 Å². The van der Waals surface area contributed by atoms with E-state index in [1.54, 1.807) is 51.4 Å². The third kappa shape index (κ3) is 2.88. The van der Waals surface area contributed by atoms with Crippen molar-refractivity contribution in [1.29, 1.82) is 0 Å². The number of rotatable bonds is 0. The average molecular weight is 234 g/mol. The Morgan fingerprint density at radius 1 is 0.294 bits per heavy atom. The molecule has 0 aromatic heterocycles. The average Bonchev–Trinajstić information content (AvgIpc) is 2.80. The zero-order chi connectivity index (χ0) is 11.5. The highest BCUT2D eigenvalue weighted by Crippen LogP contribution is 2.44. The Morgan fingerprint density at radius 2 is 0.588 bits per heavy atom. The van der Waals surface area contributed by atoms with Gasteiger partial charge >= 0.3 is 0 Å². The van der Waals surface area contributed by atoms with Gasteiger partial charge in [-0.3, -0.25) is 0 Å². The second kappa shape index (κ2) is 5.76. The molecule has 0 bridgehead atoms. The third-order valence-corrected chi connectivity index (χ3v) is 6.19. The van der Waals surface area contributed by atoms with E-state index in [2.05, 4.69) is 0 Å². The Balaban J connectivity index is 0.000000107. The zero-order valence-corrected chi connectivity index (χ0v) is 11.5. The zero-order valence-electron chi connectivity index (χ0n) is 11.5. The molecule has 4 rings (SSSR count). The Kier molecular flexibility index (Phi) is 4.08. The maximum Gasteiger partial charge on any atom is -0.0386 e. The van der Waals surface area contributed by atoms with Gasteiger partial charge in [0.25, 0.3) is 0 Å². The molecular weight excluding hydrogens is 204 g/mol. The lowest BCUT2D eigenvalue weighted by Gasteiger charge is -2.40. The first-order valence-corrected chi connectivity index (χ1v) is 8.43. The van der Waals surface area contributed by atoms with Gasteiger partial charge in [-0.25, -0.2) is 0 Å². The smallest absolute Gasteiger partial charge is 0.0386 e. The van der Waals surface area contributed by atoms with Crippen molar-refractivity contribution in [2.24, 2.45) is 23.7 Å². The molecule has 17 heavy (non-hydrogen) atoms. The highest BCUT2D eigenvalue weighted by Gasteiger charge is 2.32. The SMILES string of the molecule is C1CCC2CCC2C1.C1CCC2CCCC2C1. The Hall–Kier alpha value is 0. The van der Waals surface area contributed by atoms with Crippen molar-refractivity contribution in [2.45, 2.75) is 83.5 Å². The van der Waals surface area contributed by atoms with Crippen LogP contribution in [0.2, 0.25) is 0 Å². The van der Waals surface area contributed by atoms with Crippen molar-refractivity contribution in [3.63, 3.8) is 0 Å². The van der Waals surface area contributed by atoms with Crippen LogP contribution in [0, 0.1) is 23.7 Å². The van der Waals surface area contributed by atoms with Gasteiger partial charge in [-0.1, -0.05) is 70.6 Å². The molecule has 0 radical (unpaired) electrons. The van der Waals surface area contributed by atoms with Crippen LogP contribution in [0.4, 0.5) is 0 Å². The van der Waals surface area contributed by atoms with E-state index in [4.69, 9.17) is 0 Å². The minimum atomic E-state index is 1.17. The summed E-state index contributed by atoms with van der Waals surface area (Å²) in [7, 11) is 0. The van der Waals surface area contributed by atoms with E-state index in [0.29, 0.717) is 0 Å². The molecule has 98 valence electrons. The molecule has 0 amide bonds. The van der Waals surface area contributed by atoms with Crippen molar-refractivity contribution < 1.29 is 0 Å². The van der Waals surface area contributed by atoms with Gasteiger partial charge in [-0.2, -0.15) is 0 Å². The van der Waals surface area contributed by atoms with Gasteiger partial charge in [0.2, 0.25) is 0 Å².